The highest BCUT2D eigenvalue weighted by Gasteiger charge is 2.23. The average Bonchev–Trinajstić information content (AvgIpc) is 3.99. The molecule has 12 heteroatoms. The second-order valence-electron chi connectivity index (χ2n) is 11.3. The van der Waals surface area contributed by atoms with Crippen LogP contribution in [0, 0.1) is 13.8 Å². The molecule has 2 aliphatic carbocycles. The van der Waals surface area contributed by atoms with Gasteiger partial charge in [0.1, 0.15) is 38.1 Å². The molecule has 2 fully saturated rings. The summed E-state index contributed by atoms with van der Waals surface area (Å²) in [7, 11) is 0. The molecule has 4 N–H and O–H groups in total. The summed E-state index contributed by atoms with van der Waals surface area (Å²) in [5.74, 6) is 6.02. The molecule has 2 aromatic heterocycles. The average molecular weight is 597 g/mol. The minimum atomic E-state index is 0.532. The van der Waals surface area contributed by atoms with Crippen LogP contribution in [0.15, 0.2) is 48.8 Å². The van der Waals surface area contributed by atoms with Gasteiger partial charge in [-0.2, -0.15) is 9.97 Å². The monoisotopic (exact) mass is 596 g/mol. The van der Waals surface area contributed by atoms with E-state index in [-0.39, 0.29) is 0 Å². The molecule has 0 atom stereocenters. The van der Waals surface area contributed by atoms with Crippen LogP contribution >= 0.6 is 0 Å². The number of aromatic nitrogens is 4. The third kappa shape index (κ3) is 6.96. The second-order valence-corrected chi connectivity index (χ2v) is 11.3. The number of nitrogens with zero attached hydrogens (tertiary/aromatic N) is 4. The molecule has 12 nitrogen and oxygen atoms in total. The number of hydrogen-bond donors (Lipinski definition) is 4. The van der Waals surface area contributed by atoms with Crippen molar-refractivity contribution in [2.45, 2.75) is 51.6 Å². The van der Waals surface area contributed by atoms with Gasteiger partial charge in [-0.1, -0.05) is 0 Å². The predicted molar refractivity (Wildman–Crippen MR) is 168 cm³/mol. The summed E-state index contributed by atoms with van der Waals surface area (Å²) in [6, 6.07) is 12.6. The van der Waals surface area contributed by atoms with E-state index < -0.39 is 0 Å². The van der Waals surface area contributed by atoms with Gasteiger partial charge in [0.25, 0.3) is 0 Å². The van der Waals surface area contributed by atoms with Gasteiger partial charge in [0.15, 0.2) is 23.0 Å². The fourth-order valence-corrected chi connectivity index (χ4v) is 4.63. The van der Waals surface area contributed by atoms with Gasteiger partial charge in [-0.05, 0) is 63.8 Å². The molecular weight excluding hydrogens is 560 g/mol. The van der Waals surface area contributed by atoms with Gasteiger partial charge in [-0.25, -0.2) is 9.97 Å². The van der Waals surface area contributed by atoms with E-state index in [1.165, 1.54) is 25.7 Å². The van der Waals surface area contributed by atoms with Gasteiger partial charge >= 0.3 is 0 Å². The van der Waals surface area contributed by atoms with Gasteiger partial charge in [-0.3, -0.25) is 0 Å². The smallest absolute Gasteiger partial charge is 0.229 e. The Bertz CT molecular complexity index is 1640. The summed E-state index contributed by atoms with van der Waals surface area (Å²) in [6.45, 7) is 6.35. The Balaban J connectivity index is 0.000000142. The van der Waals surface area contributed by atoms with E-state index in [9.17, 15) is 0 Å². The van der Waals surface area contributed by atoms with Crippen LogP contribution in [0.2, 0.25) is 0 Å². The zero-order chi connectivity index (χ0) is 29.9. The summed E-state index contributed by atoms with van der Waals surface area (Å²) < 4.78 is 22.2. The molecule has 0 saturated heterocycles. The van der Waals surface area contributed by atoms with E-state index in [0.717, 1.165) is 57.1 Å². The molecule has 4 aliphatic rings. The van der Waals surface area contributed by atoms with E-state index in [2.05, 4.69) is 41.2 Å². The van der Waals surface area contributed by atoms with Crippen molar-refractivity contribution in [3.63, 3.8) is 0 Å². The van der Waals surface area contributed by atoms with Crippen molar-refractivity contribution < 1.29 is 18.9 Å². The summed E-state index contributed by atoms with van der Waals surface area (Å²) in [5.41, 5.74) is 3.85. The first-order chi connectivity index (χ1) is 21.6. The zero-order valence-corrected chi connectivity index (χ0v) is 24.9. The molecule has 0 bridgehead atoms. The second kappa shape index (κ2) is 12.3. The van der Waals surface area contributed by atoms with Crippen molar-refractivity contribution in [2.24, 2.45) is 0 Å². The van der Waals surface area contributed by atoms with Crippen LogP contribution in [0.3, 0.4) is 0 Å². The molecule has 2 saturated carbocycles. The lowest BCUT2D eigenvalue weighted by molar-refractivity contribution is 0.171. The van der Waals surface area contributed by atoms with Crippen molar-refractivity contribution >= 4 is 34.9 Å². The summed E-state index contributed by atoms with van der Waals surface area (Å²) >= 11 is 0. The van der Waals surface area contributed by atoms with E-state index in [1.807, 2.05) is 62.6 Å². The molecule has 4 aromatic rings. The molecular formula is C32H36N8O4. The lowest BCUT2D eigenvalue weighted by Crippen LogP contribution is -2.15. The third-order valence-electron chi connectivity index (χ3n) is 7.38. The van der Waals surface area contributed by atoms with Crippen molar-refractivity contribution in [1.29, 1.82) is 0 Å². The van der Waals surface area contributed by atoms with Crippen LogP contribution < -0.4 is 40.2 Å². The van der Waals surface area contributed by atoms with E-state index >= 15 is 0 Å². The normalized spacial score (nSPS) is 16.2. The van der Waals surface area contributed by atoms with Gasteiger partial charge in [0, 0.05) is 59.1 Å². The summed E-state index contributed by atoms with van der Waals surface area (Å²) in [6.07, 6.45) is 8.49. The third-order valence-corrected chi connectivity index (χ3v) is 7.38. The Morgan fingerprint density at radius 3 is 1.68 bits per heavy atom. The standard InChI is InChI=1S/2C16H18N4O2/c1-10-9-17-16(19-11-2-3-11)20-15(10)18-12-4-5-13-14(8-12)22-7-6-21-13;1-10-9-17-16(20-15(10)18-11-2-3-11)19-12-4-5-13-14(8-12)22-7-6-21-13/h2*4-5,8-9,11H,2-3,6-7H2,1H3,(H2,17,18,19,20). The first kappa shape index (κ1) is 27.8. The fraction of sp³-hybridized carbons (Fsp3) is 0.375. The lowest BCUT2D eigenvalue weighted by Gasteiger charge is -2.19. The summed E-state index contributed by atoms with van der Waals surface area (Å²) in [5, 5.41) is 13.3. The van der Waals surface area contributed by atoms with E-state index in [0.29, 0.717) is 50.4 Å². The topological polar surface area (TPSA) is 137 Å². The number of fused-ring (bicyclic) bond motifs is 2. The molecule has 0 spiro atoms. The Morgan fingerprint density at radius 2 is 1.07 bits per heavy atom. The molecule has 8 rings (SSSR count). The number of benzene rings is 2. The van der Waals surface area contributed by atoms with Crippen molar-refractivity contribution in [3.8, 4) is 23.0 Å². The van der Waals surface area contributed by atoms with Crippen molar-refractivity contribution in [1.82, 2.24) is 19.9 Å². The maximum Gasteiger partial charge on any atom is 0.229 e. The fourth-order valence-electron chi connectivity index (χ4n) is 4.63. The molecule has 0 radical (unpaired) electrons. The Kier molecular flexibility index (Phi) is 7.78. The number of ether oxygens (including phenoxy) is 4. The number of anilines is 6. The number of rotatable bonds is 8. The van der Waals surface area contributed by atoms with Crippen LogP contribution in [0.5, 0.6) is 23.0 Å². The SMILES string of the molecule is Cc1cnc(NC2CC2)nc1Nc1ccc2c(c1)OCCO2.Cc1cnc(Nc2ccc3c(c2)OCCO3)nc1NC1CC1. The van der Waals surface area contributed by atoms with Crippen LogP contribution in [-0.4, -0.2) is 58.4 Å². The van der Waals surface area contributed by atoms with Crippen LogP contribution in [-0.2, 0) is 0 Å². The first-order valence-electron chi connectivity index (χ1n) is 15.1. The largest absolute Gasteiger partial charge is 0.486 e. The lowest BCUT2D eigenvalue weighted by atomic mass is 10.2. The summed E-state index contributed by atoms with van der Waals surface area (Å²) in [4.78, 5) is 17.8. The minimum absolute atomic E-state index is 0.532. The molecule has 44 heavy (non-hydrogen) atoms. The maximum absolute atomic E-state index is 5.61. The van der Waals surface area contributed by atoms with Crippen LogP contribution in [0.1, 0.15) is 36.8 Å². The highest BCUT2D eigenvalue weighted by molar-refractivity contribution is 5.64. The molecule has 228 valence electrons. The number of aryl methyl sites for hydroxylation is 2. The quantitative estimate of drug-likeness (QED) is 0.197. The molecule has 2 aromatic carbocycles. The Hall–Kier alpha value is -5.00. The van der Waals surface area contributed by atoms with Gasteiger partial charge < -0.3 is 40.2 Å². The Morgan fingerprint density at radius 1 is 0.568 bits per heavy atom. The van der Waals surface area contributed by atoms with Gasteiger partial charge in [0.05, 0.1) is 0 Å². The molecule has 4 heterocycles. The predicted octanol–water partition coefficient (Wildman–Crippen LogP) is 5.75. The number of hydrogen-bond acceptors (Lipinski definition) is 12. The van der Waals surface area contributed by atoms with Gasteiger partial charge in [0.2, 0.25) is 11.9 Å². The molecule has 0 unspecified atom stereocenters. The van der Waals surface area contributed by atoms with Crippen LogP contribution in [0.25, 0.3) is 0 Å². The highest BCUT2D eigenvalue weighted by Crippen LogP contribution is 2.35. The molecule has 2 aliphatic heterocycles. The first-order valence-corrected chi connectivity index (χ1v) is 15.1. The minimum Gasteiger partial charge on any atom is -0.486 e. The van der Waals surface area contributed by atoms with Crippen molar-refractivity contribution in [2.75, 3.05) is 47.7 Å². The van der Waals surface area contributed by atoms with Crippen molar-refractivity contribution in [3.05, 3.63) is 59.9 Å². The molecule has 0 amide bonds. The van der Waals surface area contributed by atoms with E-state index in [4.69, 9.17) is 18.9 Å². The maximum atomic E-state index is 5.61. The zero-order valence-electron chi connectivity index (χ0n) is 24.9. The van der Waals surface area contributed by atoms with Crippen LogP contribution in [0.4, 0.5) is 34.9 Å². The highest BCUT2D eigenvalue weighted by atomic mass is 16.6. The Labute approximate surface area is 255 Å². The van der Waals surface area contributed by atoms with E-state index in [1.54, 1.807) is 0 Å². The number of nitrogens with one attached hydrogen (secondary N) is 4. The van der Waals surface area contributed by atoms with Gasteiger partial charge in [-0.15, -0.1) is 0 Å².